The number of benzene rings is 1. The number of nitrogens with one attached hydrogen (secondary N) is 1. The zero-order valence-corrected chi connectivity index (χ0v) is 12.5. The van der Waals surface area contributed by atoms with E-state index in [1.54, 1.807) is 25.3 Å². The van der Waals surface area contributed by atoms with Gasteiger partial charge < -0.3 is 5.73 Å². The van der Waals surface area contributed by atoms with Crippen molar-refractivity contribution < 1.29 is 8.42 Å². The molecule has 0 fully saturated rings. The Labute approximate surface area is 116 Å². The van der Waals surface area contributed by atoms with E-state index in [1.807, 2.05) is 13.8 Å². The first-order chi connectivity index (χ1) is 8.79. The summed E-state index contributed by atoms with van der Waals surface area (Å²) in [5.41, 5.74) is 7.63. The molecule has 0 saturated carbocycles. The average Bonchev–Trinajstić information content (AvgIpc) is 2.68. The maximum atomic E-state index is 12.3. The van der Waals surface area contributed by atoms with Gasteiger partial charge in [-0.05, 0) is 44.0 Å². The van der Waals surface area contributed by atoms with Gasteiger partial charge in [0.2, 0.25) is 0 Å². The van der Waals surface area contributed by atoms with Gasteiger partial charge in [0.15, 0.2) is 5.13 Å². The quantitative estimate of drug-likeness (QED) is 0.852. The zero-order valence-electron chi connectivity index (χ0n) is 10.9. The van der Waals surface area contributed by atoms with Crippen molar-refractivity contribution in [2.45, 2.75) is 25.7 Å². The van der Waals surface area contributed by atoms with Crippen LogP contribution in [0.25, 0.3) is 0 Å². The predicted octanol–water partition coefficient (Wildman–Crippen LogP) is 2.45. The summed E-state index contributed by atoms with van der Waals surface area (Å²) in [4.78, 5) is 5.13. The van der Waals surface area contributed by atoms with Crippen molar-refractivity contribution >= 4 is 32.2 Å². The molecule has 0 saturated heterocycles. The summed E-state index contributed by atoms with van der Waals surface area (Å²) in [5, 5.41) is 0.358. The van der Waals surface area contributed by atoms with Gasteiger partial charge in [0.1, 0.15) is 0 Å². The van der Waals surface area contributed by atoms with E-state index >= 15 is 0 Å². The summed E-state index contributed by atoms with van der Waals surface area (Å²) in [5.74, 6) is 0. The topological polar surface area (TPSA) is 85.1 Å². The van der Waals surface area contributed by atoms with Crippen LogP contribution in [0.3, 0.4) is 0 Å². The Hall–Kier alpha value is -1.60. The molecule has 0 spiro atoms. The molecular formula is C12H15N3O2S2. The van der Waals surface area contributed by atoms with Crippen molar-refractivity contribution in [2.75, 3.05) is 10.5 Å². The third-order valence-corrected chi connectivity index (χ3v) is 5.10. The van der Waals surface area contributed by atoms with Crippen LogP contribution in [0.1, 0.15) is 16.0 Å². The summed E-state index contributed by atoms with van der Waals surface area (Å²) >= 11 is 1.29. The molecule has 0 bridgehead atoms. The van der Waals surface area contributed by atoms with E-state index in [-0.39, 0.29) is 4.90 Å². The zero-order chi connectivity index (χ0) is 14.2. The number of aryl methyl sites for hydroxylation is 2. The fourth-order valence-electron chi connectivity index (χ4n) is 1.70. The van der Waals surface area contributed by atoms with Crippen LogP contribution in [0.15, 0.2) is 23.2 Å². The van der Waals surface area contributed by atoms with Gasteiger partial charge in [-0.15, -0.1) is 11.3 Å². The molecule has 1 aromatic heterocycles. The minimum Gasteiger partial charge on any atom is -0.398 e. The first kappa shape index (κ1) is 13.8. The standard InChI is InChI=1S/C12H15N3O2S2/c1-7-4-10(13)9(3)11(5-7)19(16,17)15-12-14-6-8(2)18-12/h4-6H,13H2,1-3H3,(H,14,15). The number of hydrogen-bond donors (Lipinski definition) is 2. The van der Waals surface area contributed by atoms with Crippen LogP contribution < -0.4 is 10.5 Å². The Morgan fingerprint density at radius 2 is 1.95 bits per heavy atom. The lowest BCUT2D eigenvalue weighted by Crippen LogP contribution is -2.15. The van der Waals surface area contributed by atoms with Crippen molar-refractivity contribution in [3.63, 3.8) is 0 Å². The number of sulfonamides is 1. The fraction of sp³-hybridized carbons (Fsp3) is 0.250. The van der Waals surface area contributed by atoms with Gasteiger partial charge in [-0.2, -0.15) is 0 Å². The predicted molar refractivity (Wildman–Crippen MR) is 78.0 cm³/mol. The van der Waals surface area contributed by atoms with Crippen molar-refractivity contribution in [2.24, 2.45) is 0 Å². The number of rotatable bonds is 3. The highest BCUT2D eigenvalue weighted by molar-refractivity contribution is 7.93. The number of nitrogens with zero attached hydrogens (tertiary/aromatic N) is 1. The molecule has 2 rings (SSSR count). The molecule has 5 nitrogen and oxygen atoms in total. The highest BCUT2D eigenvalue weighted by atomic mass is 32.2. The summed E-state index contributed by atoms with van der Waals surface area (Å²) in [6.07, 6.45) is 1.62. The molecule has 0 amide bonds. The van der Waals surface area contributed by atoms with E-state index in [4.69, 9.17) is 5.73 Å². The lowest BCUT2D eigenvalue weighted by molar-refractivity contribution is 0.600. The Balaban J connectivity index is 2.45. The molecule has 0 atom stereocenters. The fourth-order valence-corrected chi connectivity index (χ4v) is 3.97. The normalized spacial score (nSPS) is 11.5. The largest absolute Gasteiger partial charge is 0.398 e. The van der Waals surface area contributed by atoms with E-state index in [0.717, 1.165) is 10.4 Å². The second-order valence-electron chi connectivity index (χ2n) is 4.36. The van der Waals surface area contributed by atoms with Crippen LogP contribution in [0.2, 0.25) is 0 Å². The summed E-state index contributed by atoms with van der Waals surface area (Å²) in [6.45, 7) is 5.37. The molecule has 0 unspecified atom stereocenters. The van der Waals surface area contributed by atoms with E-state index in [1.165, 1.54) is 11.3 Å². The summed E-state index contributed by atoms with van der Waals surface area (Å²) < 4.78 is 27.1. The maximum Gasteiger partial charge on any atom is 0.264 e. The minimum atomic E-state index is -3.66. The van der Waals surface area contributed by atoms with Gasteiger partial charge in [0.25, 0.3) is 10.0 Å². The molecule has 0 aliphatic carbocycles. The lowest BCUT2D eigenvalue weighted by Gasteiger charge is -2.11. The second-order valence-corrected chi connectivity index (χ2v) is 7.24. The van der Waals surface area contributed by atoms with E-state index < -0.39 is 10.0 Å². The van der Waals surface area contributed by atoms with Crippen molar-refractivity contribution in [1.29, 1.82) is 0 Å². The molecule has 0 aliphatic rings. The monoisotopic (exact) mass is 297 g/mol. The summed E-state index contributed by atoms with van der Waals surface area (Å²) in [7, 11) is -3.66. The average molecular weight is 297 g/mol. The van der Waals surface area contributed by atoms with Gasteiger partial charge in [-0.1, -0.05) is 0 Å². The smallest absolute Gasteiger partial charge is 0.264 e. The van der Waals surface area contributed by atoms with Gasteiger partial charge in [0.05, 0.1) is 4.90 Å². The number of nitrogen functional groups attached to an aromatic ring is 1. The Morgan fingerprint density at radius 3 is 2.53 bits per heavy atom. The molecule has 0 radical (unpaired) electrons. The number of anilines is 2. The van der Waals surface area contributed by atoms with Crippen LogP contribution in [-0.2, 0) is 10.0 Å². The Bertz CT molecular complexity index is 721. The van der Waals surface area contributed by atoms with Crippen LogP contribution in [0.5, 0.6) is 0 Å². The third kappa shape index (κ3) is 2.87. The van der Waals surface area contributed by atoms with E-state index in [9.17, 15) is 8.42 Å². The van der Waals surface area contributed by atoms with Crippen molar-refractivity contribution in [3.8, 4) is 0 Å². The molecule has 1 aromatic carbocycles. The van der Waals surface area contributed by atoms with Crippen molar-refractivity contribution in [1.82, 2.24) is 4.98 Å². The number of hydrogen-bond acceptors (Lipinski definition) is 5. The van der Waals surface area contributed by atoms with E-state index in [0.29, 0.717) is 16.4 Å². The van der Waals surface area contributed by atoms with Crippen LogP contribution in [-0.4, -0.2) is 13.4 Å². The third-order valence-electron chi connectivity index (χ3n) is 2.68. The van der Waals surface area contributed by atoms with Crippen molar-refractivity contribution in [3.05, 3.63) is 34.3 Å². The van der Waals surface area contributed by atoms with Crippen LogP contribution >= 0.6 is 11.3 Å². The Morgan fingerprint density at radius 1 is 1.26 bits per heavy atom. The minimum absolute atomic E-state index is 0.192. The maximum absolute atomic E-state index is 12.3. The Kier molecular flexibility index (Phi) is 3.51. The van der Waals surface area contributed by atoms with Gasteiger partial charge >= 0.3 is 0 Å². The first-order valence-corrected chi connectivity index (χ1v) is 7.91. The number of aromatic nitrogens is 1. The SMILES string of the molecule is Cc1cc(N)c(C)c(S(=O)(=O)Nc2ncc(C)s2)c1. The first-order valence-electron chi connectivity index (χ1n) is 5.61. The highest BCUT2D eigenvalue weighted by Crippen LogP contribution is 2.26. The molecule has 2 aromatic rings. The van der Waals surface area contributed by atoms with E-state index in [2.05, 4.69) is 9.71 Å². The molecule has 7 heteroatoms. The van der Waals surface area contributed by atoms with Gasteiger partial charge in [-0.25, -0.2) is 13.4 Å². The molecule has 102 valence electrons. The number of thiazole rings is 1. The lowest BCUT2D eigenvalue weighted by atomic mass is 10.1. The molecule has 3 N–H and O–H groups in total. The molecule has 0 aliphatic heterocycles. The highest BCUT2D eigenvalue weighted by Gasteiger charge is 2.20. The van der Waals surface area contributed by atoms with Crippen LogP contribution in [0, 0.1) is 20.8 Å². The molecular weight excluding hydrogens is 282 g/mol. The van der Waals surface area contributed by atoms with Crippen LogP contribution in [0.4, 0.5) is 10.8 Å². The molecule has 1 heterocycles. The number of nitrogens with two attached hydrogens (primary N) is 1. The second kappa shape index (κ2) is 4.82. The van der Waals surface area contributed by atoms with Gasteiger partial charge in [-0.3, -0.25) is 4.72 Å². The van der Waals surface area contributed by atoms with Gasteiger partial charge in [0, 0.05) is 16.8 Å². The summed E-state index contributed by atoms with van der Waals surface area (Å²) in [6, 6.07) is 3.36. The molecule has 19 heavy (non-hydrogen) atoms.